The number of hydrogen-bond acceptors (Lipinski definition) is 2. The van der Waals surface area contributed by atoms with E-state index in [1.54, 1.807) is 0 Å². The first-order valence-corrected chi connectivity index (χ1v) is 7.09. The molecule has 0 bridgehead atoms. The highest BCUT2D eigenvalue weighted by Gasteiger charge is 2.24. The Morgan fingerprint density at radius 1 is 1.22 bits per heavy atom. The Labute approximate surface area is 110 Å². The monoisotopic (exact) mass is 247 g/mol. The summed E-state index contributed by atoms with van der Waals surface area (Å²) in [6.45, 7) is 6.48. The summed E-state index contributed by atoms with van der Waals surface area (Å²) < 4.78 is 0. The van der Waals surface area contributed by atoms with Crippen molar-refractivity contribution < 1.29 is 5.11 Å². The molecule has 1 aromatic rings. The van der Waals surface area contributed by atoms with E-state index < -0.39 is 0 Å². The van der Waals surface area contributed by atoms with Crippen LogP contribution in [-0.2, 0) is 0 Å². The molecule has 0 amide bonds. The van der Waals surface area contributed by atoms with Gasteiger partial charge in [0, 0.05) is 12.1 Å². The second-order valence-electron chi connectivity index (χ2n) is 5.71. The number of benzene rings is 1. The topological polar surface area (TPSA) is 32.3 Å². The van der Waals surface area contributed by atoms with Crippen LogP contribution in [-0.4, -0.2) is 17.3 Å². The quantitative estimate of drug-likeness (QED) is 0.859. The number of rotatable bonds is 3. The number of aliphatic hydroxyl groups is 1. The van der Waals surface area contributed by atoms with Gasteiger partial charge in [0.25, 0.3) is 0 Å². The molecule has 1 saturated carbocycles. The van der Waals surface area contributed by atoms with E-state index in [2.05, 4.69) is 44.3 Å². The first kappa shape index (κ1) is 13.6. The molecule has 1 aliphatic carbocycles. The molecule has 1 aromatic carbocycles. The highest BCUT2D eigenvalue weighted by Crippen LogP contribution is 2.24. The van der Waals surface area contributed by atoms with Gasteiger partial charge in [-0.15, -0.1) is 0 Å². The molecule has 0 radical (unpaired) electrons. The minimum Gasteiger partial charge on any atom is -0.392 e. The predicted molar refractivity (Wildman–Crippen MR) is 75.7 cm³/mol. The first-order chi connectivity index (χ1) is 8.58. The first-order valence-electron chi connectivity index (χ1n) is 7.09. The van der Waals surface area contributed by atoms with E-state index in [9.17, 15) is 5.11 Å². The third kappa shape index (κ3) is 3.12. The molecule has 1 aliphatic rings. The van der Waals surface area contributed by atoms with Crippen LogP contribution in [0.3, 0.4) is 0 Å². The number of hydrogen-bond donors (Lipinski definition) is 2. The van der Waals surface area contributed by atoms with E-state index in [-0.39, 0.29) is 12.1 Å². The molecule has 2 heteroatoms. The summed E-state index contributed by atoms with van der Waals surface area (Å²) >= 11 is 0. The van der Waals surface area contributed by atoms with Crippen LogP contribution >= 0.6 is 0 Å². The standard InChI is InChI=1S/C16H25NO/c1-11-8-9-12(2)14(10-11)13(3)17-15-6-4-5-7-16(15)18/h8-10,13,15-18H,4-7H2,1-3H3. The minimum atomic E-state index is -0.175. The molecule has 3 unspecified atom stereocenters. The Balaban J connectivity index is 2.06. The zero-order chi connectivity index (χ0) is 13.1. The van der Waals surface area contributed by atoms with Crippen LogP contribution in [0.4, 0.5) is 0 Å². The molecule has 0 heterocycles. The summed E-state index contributed by atoms with van der Waals surface area (Å²) in [5.74, 6) is 0. The maximum atomic E-state index is 10.0. The molecule has 1 fully saturated rings. The van der Waals surface area contributed by atoms with Gasteiger partial charge in [-0.25, -0.2) is 0 Å². The van der Waals surface area contributed by atoms with Gasteiger partial charge in [0.1, 0.15) is 0 Å². The zero-order valence-corrected chi connectivity index (χ0v) is 11.7. The maximum absolute atomic E-state index is 10.0. The zero-order valence-electron chi connectivity index (χ0n) is 11.7. The molecule has 18 heavy (non-hydrogen) atoms. The second kappa shape index (κ2) is 5.85. The molecule has 0 spiro atoms. The largest absolute Gasteiger partial charge is 0.392 e. The smallest absolute Gasteiger partial charge is 0.0693 e. The molecular formula is C16H25NO. The van der Waals surface area contributed by atoms with Crippen molar-refractivity contribution in [2.75, 3.05) is 0 Å². The highest BCUT2D eigenvalue weighted by molar-refractivity contribution is 5.32. The summed E-state index contributed by atoms with van der Waals surface area (Å²) in [5, 5.41) is 13.6. The molecule has 100 valence electrons. The van der Waals surface area contributed by atoms with Gasteiger partial charge in [-0.2, -0.15) is 0 Å². The van der Waals surface area contributed by atoms with Gasteiger partial charge >= 0.3 is 0 Å². The van der Waals surface area contributed by atoms with Gasteiger partial charge in [0.2, 0.25) is 0 Å². The highest BCUT2D eigenvalue weighted by atomic mass is 16.3. The van der Waals surface area contributed by atoms with E-state index in [1.807, 2.05) is 0 Å². The summed E-state index contributed by atoms with van der Waals surface area (Å²) in [4.78, 5) is 0. The van der Waals surface area contributed by atoms with E-state index >= 15 is 0 Å². The molecule has 2 N–H and O–H groups in total. The van der Waals surface area contributed by atoms with Crippen LogP contribution < -0.4 is 5.32 Å². The van der Waals surface area contributed by atoms with Gasteiger partial charge in [0.05, 0.1) is 6.10 Å². The minimum absolute atomic E-state index is 0.175. The average Bonchev–Trinajstić information content (AvgIpc) is 2.35. The second-order valence-corrected chi connectivity index (χ2v) is 5.71. The molecule has 2 rings (SSSR count). The molecule has 3 atom stereocenters. The van der Waals surface area contributed by atoms with Gasteiger partial charge in [0.15, 0.2) is 0 Å². The van der Waals surface area contributed by atoms with Crippen LogP contribution in [0.5, 0.6) is 0 Å². The fourth-order valence-corrected chi connectivity index (χ4v) is 2.94. The van der Waals surface area contributed by atoms with Crippen LogP contribution in [0.1, 0.15) is 55.3 Å². The number of aryl methyl sites for hydroxylation is 2. The lowest BCUT2D eigenvalue weighted by Crippen LogP contribution is -2.43. The van der Waals surface area contributed by atoms with Crippen molar-refractivity contribution in [1.82, 2.24) is 5.32 Å². The van der Waals surface area contributed by atoms with Gasteiger partial charge < -0.3 is 10.4 Å². The lowest BCUT2D eigenvalue weighted by Gasteiger charge is -2.31. The number of nitrogens with one attached hydrogen (secondary N) is 1. The van der Waals surface area contributed by atoms with Gasteiger partial charge in [-0.3, -0.25) is 0 Å². The summed E-state index contributed by atoms with van der Waals surface area (Å²) in [6, 6.07) is 7.15. The predicted octanol–water partition coefficient (Wildman–Crippen LogP) is 3.26. The Kier molecular flexibility index (Phi) is 4.41. The van der Waals surface area contributed by atoms with Gasteiger partial charge in [-0.05, 0) is 44.7 Å². The van der Waals surface area contributed by atoms with E-state index in [0.717, 1.165) is 19.3 Å². The number of aliphatic hydroxyl groups excluding tert-OH is 1. The SMILES string of the molecule is Cc1ccc(C)c(C(C)NC2CCCCC2O)c1. The fourth-order valence-electron chi connectivity index (χ4n) is 2.94. The lowest BCUT2D eigenvalue weighted by molar-refractivity contribution is 0.0859. The average molecular weight is 247 g/mol. The third-order valence-electron chi connectivity index (χ3n) is 4.09. The van der Waals surface area contributed by atoms with Gasteiger partial charge in [-0.1, -0.05) is 36.6 Å². The summed E-state index contributed by atoms with van der Waals surface area (Å²) in [6.07, 6.45) is 4.25. The van der Waals surface area contributed by atoms with E-state index in [1.165, 1.54) is 23.1 Å². The van der Waals surface area contributed by atoms with Crippen LogP contribution in [0.15, 0.2) is 18.2 Å². The van der Waals surface area contributed by atoms with Crippen molar-refractivity contribution >= 4 is 0 Å². The van der Waals surface area contributed by atoms with Crippen molar-refractivity contribution in [3.63, 3.8) is 0 Å². The molecule has 0 aromatic heterocycles. The lowest BCUT2D eigenvalue weighted by atomic mass is 9.91. The Morgan fingerprint density at radius 3 is 2.67 bits per heavy atom. The van der Waals surface area contributed by atoms with Crippen molar-refractivity contribution in [1.29, 1.82) is 0 Å². The molecule has 0 aliphatic heterocycles. The van der Waals surface area contributed by atoms with Crippen molar-refractivity contribution in [2.45, 2.75) is 64.6 Å². The van der Waals surface area contributed by atoms with Crippen molar-refractivity contribution in [2.24, 2.45) is 0 Å². The Morgan fingerprint density at radius 2 is 1.94 bits per heavy atom. The molecule has 0 saturated heterocycles. The maximum Gasteiger partial charge on any atom is 0.0693 e. The van der Waals surface area contributed by atoms with Crippen LogP contribution in [0.25, 0.3) is 0 Å². The Bertz CT molecular complexity index is 402. The van der Waals surface area contributed by atoms with Crippen LogP contribution in [0.2, 0.25) is 0 Å². The van der Waals surface area contributed by atoms with E-state index in [4.69, 9.17) is 0 Å². The molecular weight excluding hydrogens is 222 g/mol. The fraction of sp³-hybridized carbons (Fsp3) is 0.625. The van der Waals surface area contributed by atoms with Crippen molar-refractivity contribution in [3.05, 3.63) is 34.9 Å². The van der Waals surface area contributed by atoms with E-state index in [0.29, 0.717) is 6.04 Å². The van der Waals surface area contributed by atoms with Crippen molar-refractivity contribution in [3.8, 4) is 0 Å². The Hall–Kier alpha value is -0.860. The van der Waals surface area contributed by atoms with Crippen LogP contribution in [0, 0.1) is 13.8 Å². The summed E-state index contributed by atoms with van der Waals surface area (Å²) in [5.41, 5.74) is 3.98. The molecule has 2 nitrogen and oxygen atoms in total. The normalized spacial score (nSPS) is 26.0. The third-order valence-corrected chi connectivity index (χ3v) is 4.09. The summed E-state index contributed by atoms with van der Waals surface area (Å²) in [7, 11) is 0.